The van der Waals surface area contributed by atoms with E-state index in [0.29, 0.717) is 40.3 Å². The summed E-state index contributed by atoms with van der Waals surface area (Å²) in [5.74, 6) is 0.406. The molecule has 0 spiro atoms. The number of anilines is 3. The number of hydrogen-bond acceptors (Lipinski definition) is 4. The van der Waals surface area contributed by atoms with E-state index in [0.717, 1.165) is 60.8 Å². The molecular weight excluding hydrogens is 627 g/mol. The number of nitrogens with zero attached hydrogens (tertiary/aromatic N) is 4. The van der Waals surface area contributed by atoms with Crippen molar-refractivity contribution in [3.8, 4) is 23.6 Å². The number of piperazine rings is 1. The molecule has 2 aliphatic rings. The zero-order chi connectivity index (χ0) is 32.8. The van der Waals surface area contributed by atoms with Crippen molar-refractivity contribution < 1.29 is 4.79 Å². The van der Waals surface area contributed by atoms with E-state index in [1.165, 1.54) is 18.4 Å². The topological polar surface area (TPSA) is 63.2 Å². The Labute approximate surface area is 287 Å². The molecule has 0 unspecified atom stereocenters. The van der Waals surface area contributed by atoms with E-state index in [4.69, 9.17) is 29.6 Å². The first-order chi connectivity index (χ1) is 22.9. The maximum absolute atomic E-state index is 13.1. The standard InChI is InChI=1S/C38H38Cl2N6O/c1-3-41-38(43-36-34(39)23-28(24-35(36)40)26-44-17-6-7-18-44)46-21-19-45(20-22-46)32-15-13-31(14-16-32)42-37(47)30-11-8-10-29(25-30)33-12-5-4-9-27(33)2/h1,4-5,8-16,23-25H,6-7,17-22,26H2,2H3,(H,41,43)(H,42,47). The molecule has 4 aromatic rings. The van der Waals surface area contributed by atoms with Crippen LogP contribution in [0.3, 0.4) is 0 Å². The highest BCUT2D eigenvalue weighted by molar-refractivity contribution is 6.40. The predicted octanol–water partition coefficient (Wildman–Crippen LogP) is 8.00. The normalized spacial score (nSPS) is 15.4. The van der Waals surface area contributed by atoms with Gasteiger partial charge in [-0.15, -0.1) is 0 Å². The SMILES string of the molecule is C#C/N=C(/Nc1c(Cl)cc(CN2CCCC2)cc1Cl)N1CCN(c2ccc(NC(=O)c3cccc(-c4ccccc4C)c3)cc2)CC1. The lowest BCUT2D eigenvalue weighted by molar-refractivity contribution is 0.102. The number of rotatable bonds is 7. The lowest BCUT2D eigenvalue weighted by Gasteiger charge is -2.37. The number of benzene rings is 4. The van der Waals surface area contributed by atoms with Crippen molar-refractivity contribution in [3.63, 3.8) is 0 Å². The summed E-state index contributed by atoms with van der Waals surface area (Å²) in [5.41, 5.74) is 7.44. The predicted molar refractivity (Wildman–Crippen MR) is 196 cm³/mol. The number of halogens is 2. The van der Waals surface area contributed by atoms with E-state index < -0.39 is 0 Å². The summed E-state index contributed by atoms with van der Waals surface area (Å²) in [6, 6.07) is 30.2. The van der Waals surface area contributed by atoms with Crippen molar-refractivity contribution in [2.75, 3.05) is 54.8 Å². The highest BCUT2D eigenvalue weighted by atomic mass is 35.5. The second kappa shape index (κ2) is 15.0. The number of carbonyl (C=O) groups excluding carboxylic acids is 1. The van der Waals surface area contributed by atoms with Crippen LogP contribution in [0, 0.1) is 19.4 Å². The van der Waals surface area contributed by atoms with Crippen molar-refractivity contribution in [3.05, 3.63) is 112 Å². The lowest BCUT2D eigenvalue weighted by Crippen LogP contribution is -2.50. The number of nitrogens with one attached hydrogen (secondary N) is 2. The molecule has 240 valence electrons. The molecular formula is C38H38Cl2N6O. The molecule has 4 aromatic carbocycles. The summed E-state index contributed by atoms with van der Waals surface area (Å²) in [5, 5.41) is 7.44. The van der Waals surface area contributed by atoms with Crippen LogP contribution < -0.4 is 15.5 Å². The van der Waals surface area contributed by atoms with Crippen LogP contribution >= 0.6 is 23.2 Å². The monoisotopic (exact) mass is 664 g/mol. The Bertz CT molecular complexity index is 1780. The molecule has 0 aromatic heterocycles. The molecule has 47 heavy (non-hydrogen) atoms. The maximum atomic E-state index is 13.1. The zero-order valence-electron chi connectivity index (χ0n) is 26.5. The molecule has 1 amide bonds. The maximum Gasteiger partial charge on any atom is 0.255 e. The van der Waals surface area contributed by atoms with Crippen LogP contribution in [0.4, 0.5) is 17.1 Å². The fourth-order valence-corrected chi connectivity index (χ4v) is 6.87. The van der Waals surface area contributed by atoms with Gasteiger partial charge < -0.3 is 20.4 Å². The Kier molecular flexibility index (Phi) is 10.3. The van der Waals surface area contributed by atoms with E-state index in [9.17, 15) is 4.79 Å². The van der Waals surface area contributed by atoms with Crippen molar-refractivity contribution in [2.24, 2.45) is 4.99 Å². The first kappa shape index (κ1) is 32.5. The molecule has 2 aliphatic heterocycles. The van der Waals surface area contributed by atoms with Gasteiger partial charge in [0, 0.05) is 55.7 Å². The van der Waals surface area contributed by atoms with Crippen LogP contribution in [0.5, 0.6) is 0 Å². The highest BCUT2D eigenvalue weighted by Crippen LogP contribution is 2.33. The van der Waals surface area contributed by atoms with Gasteiger partial charge in [-0.2, -0.15) is 4.99 Å². The fraction of sp³-hybridized carbons (Fsp3) is 0.263. The van der Waals surface area contributed by atoms with E-state index >= 15 is 0 Å². The number of hydrogen-bond donors (Lipinski definition) is 2. The van der Waals surface area contributed by atoms with Gasteiger partial charge in [-0.25, -0.2) is 0 Å². The van der Waals surface area contributed by atoms with Gasteiger partial charge in [0.25, 0.3) is 5.91 Å². The van der Waals surface area contributed by atoms with Gasteiger partial charge >= 0.3 is 0 Å². The zero-order valence-corrected chi connectivity index (χ0v) is 28.0. The van der Waals surface area contributed by atoms with Crippen LogP contribution in [0.2, 0.25) is 10.0 Å². The van der Waals surface area contributed by atoms with Gasteiger partial charge in [-0.3, -0.25) is 9.69 Å². The second-order valence-corrected chi connectivity index (χ2v) is 12.8. The summed E-state index contributed by atoms with van der Waals surface area (Å²) >= 11 is 13.4. The number of amides is 1. The number of guanidine groups is 1. The summed E-state index contributed by atoms with van der Waals surface area (Å²) < 4.78 is 0. The van der Waals surface area contributed by atoms with Crippen LogP contribution in [0.1, 0.15) is 34.3 Å². The third-order valence-electron chi connectivity index (χ3n) is 8.76. The Morgan fingerprint density at radius 3 is 2.23 bits per heavy atom. The summed E-state index contributed by atoms with van der Waals surface area (Å²) in [7, 11) is 0. The van der Waals surface area contributed by atoms with Crippen LogP contribution in [0.15, 0.2) is 89.9 Å². The Morgan fingerprint density at radius 2 is 1.55 bits per heavy atom. The molecule has 2 N–H and O–H groups in total. The van der Waals surface area contributed by atoms with Crippen molar-refractivity contribution in [1.29, 1.82) is 0 Å². The average Bonchev–Trinajstić information content (AvgIpc) is 3.60. The fourth-order valence-electron chi connectivity index (χ4n) is 6.25. The molecule has 0 saturated carbocycles. The Hall–Kier alpha value is -4.48. The van der Waals surface area contributed by atoms with E-state index in [1.54, 1.807) is 0 Å². The smallest absolute Gasteiger partial charge is 0.255 e. The Morgan fingerprint density at radius 1 is 0.851 bits per heavy atom. The number of carbonyl (C=O) groups is 1. The molecule has 0 atom stereocenters. The number of aliphatic imine (C=N–C) groups is 1. The molecule has 2 saturated heterocycles. The summed E-state index contributed by atoms with van der Waals surface area (Å²) in [6.45, 7) is 8.04. The third-order valence-corrected chi connectivity index (χ3v) is 9.36. The van der Waals surface area contributed by atoms with Gasteiger partial charge in [0.1, 0.15) is 0 Å². The Balaban J connectivity index is 1.05. The van der Waals surface area contributed by atoms with Crippen LogP contribution in [0.25, 0.3) is 11.1 Å². The van der Waals surface area contributed by atoms with E-state index in [2.05, 4.69) is 55.4 Å². The third kappa shape index (κ3) is 7.91. The minimum Gasteiger partial charge on any atom is -0.368 e. The number of terminal acetylenes is 1. The molecule has 2 fully saturated rings. The average molecular weight is 666 g/mol. The van der Waals surface area contributed by atoms with Crippen molar-refractivity contribution in [1.82, 2.24) is 9.80 Å². The van der Waals surface area contributed by atoms with Gasteiger partial charge in [-0.1, -0.05) is 66.0 Å². The van der Waals surface area contributed by atoms with E-state index in [1.807, 2.05) is 72.8 Å². The number of aryl methyl sites for hydroxylation is 1. The lowest BCUT2D eigenvalue weighted by atomic mass is 9.99. The molecule has 6 rings (SSSR count). The molecule has 7 nitrogen and oxygen atoms in total. The van der Waals surface area contributed by atoms with Gasteiger partial charge in [0.2, 0.25) is 5.96 Å². The molecule has 9 heteroatoms. The van der Waals surface area contributed by atoms with Gasteiger partial charge in [-0.05, 0) is 104 Å². The number of likely N-dealkylation sites (tertiary alicyclic amines) is 1. The molecule has 0 bridgehead atoms. The van der Waals surface area contributed by atoms with Gasteiger partial charge in [0.05, 0.1) is 15.7 Å². The molecule has 2 heterocycles. The van der Waals surface area contributed by atoms with Crippen molar-refractivity contribution in [2.45, 2.75) is 26.3 Å². The largest absolute Gasteiger partial charge is 0.368 e. The minimum atomic E-state index is -0.143. The summed E-state index contributed by atoms with van der Waals surface area (Å²) in [6.07, 6.45) is 8.07. The summed E-state index contributed by atoms with van der Waals surface area (Å²) in [4.78, 5) is 24.2. The van der Waals surface area contributed by atoms with Crippen LogP contribution in [-0.4, -0.2) is 60.9 Å². The first-order valence-corrected chi connectivity index (χ1v) is 16.7. The molecule has 0 radical (unpaired) electrons. The van der Waals surface area contributed by atoms with E-state index in [-0.39, 0.29) is 5.91 Å². The highest BCUT2D eigenvalue weighted by Gasteiger charge is 2.22. The minimum absolute atomic E-state index is 0.143. The van der Waals surface area contributed by atoms with Crippen molar-refractivity contribution >= 4 is 52.1 Å². The first-order valence-electron chi connectivity index (χ1n) is 16.0. The van der Waals surface area contributed by atoms with Gasteiger partial charge in [0.15, 0.2) is 0 Å². The second-order valence-electron chi connectivity index (χ2n) is 12.0. The quantitative estimate of drug-likeness (QED) is 0.119. The van der Waals surface area contributed by atoms with Crippen LogP contribution in [-0.2, 0) is 6.54 Å². The molecule has 0 aliphatic carbocycles.